The predicted octanol–water partition coefficient (Wildman–Crippen LogP) is 2.94. The maximum absolute atomic E-state index is 11.3. The van der Waals surface area contributed by atoms with Gasteiger partial charge in [-0.05, 0) is 49.9 Å². The first kappa shape index (κ1) is 10.4. The van der Waals surface area contributed by atoms with Crippen molar-refractivity contribution >= 4 is 14.8 Å². The SMILES string of the molecule is Cc1cc(C)c(C(=O)P)c(C)c1C. The molecule has 0 amide bonds. The van der Waals surface area contributed by atoms with Crippen molar-refractivity contribution < 1.29 is 4.79 Å². The monoisotopic (exact) mass is 194 g/mol. The Morgan fingerprint density at radius 1 is 1.08 bits per heavy atom. The summed E-state index contributed by atoms with van der Waals surface area (Å²) in [5.74, 6) is 0. The van der Waals surface area contributed by atoms with E-state index in [-0.39, 0.29) is 5.52 Å². The molecule has 1 aromatic rings. The lowest BCUT2D eigenvalue weighted by molar-refractivity contribution is 0.108. The first-order valence-electron chi connectivity index (χ1n) is 4.32. The first-order chi connectivity index (χ1) is 5.95. The standard InChI is InChI=1S/C11H15OP/c1-6-5-7(2)10(11(12)13)9(4)8(6)3/h5H,13H2,1-4H3. The molecule has 0 bridgehead atoms. The van der Waals surface area contributed by atoms with Crippen LogP contribution in [0.3, 0.4) is 0 Å². The lowest BCUT2D eigenvalue weighted by Gasteiger charge is -2.12. The summed E-state index contributed by atoms with van der Waals surface area (Å²) in [4.78, 5) is 11.3. The Morgan fingerprint density at radius 2 is 1.62 bits per heavy atom. The van der Waals surface area contributed by atoms with Gasteiger partial charge in [0.2, 0.25) is 0 Å². The van der Waals surface area contributed by atoms with Gasteiger partial charge < -0.3 is 0 Å². The third kappa shape index (κ3) is 1.81. The highest BCUT2D eigenvalue weighted by atomic mass is 31.0. The van der Waals surface area contributed by atoms with Gasteiger partial charge in [-0.15, -0.1) is 0 Å². The second kappa shape index (κ2) is 3.59. The Kier molecular flexibility index (Phi) is 2.87. The Morgan fingerprint density at radius 3 is 2.08 bits per heavy atom. The van der Waals surface area contributed by atoms with Crippen molar-refractivity contribution in [3.8, 4) is 0 Å². The molecular weight excluding hydrogens is 179 g/mol. The number of benzene rings is 1. The summed E-state index contributed by atoms with van der Waals surface area (Å²) in [6, 6.07) is 2.07. The largest absolute Gasteiger partial charge is 0.290 e. The van der Waals surface area contributed by atoms with Crippen molar-refractivity contribution in [2.75, 3.05) is 0 Å². The molecule has 0 radical (unpaired) electrons. The Hall–Kier alpha value is -0.680. The van der Waals surface area contributed by atoms with E-state index in [0.717, 1.165) is 16.7 Å². The fraction of sp³-hybridized carbons (Fsp3) is 0.364. The van der Waals surface area contributed by atoms with Gasteiger partial charge in [-0.2, -0.15) is 0 Å². The van der Waals surface area contributed by atoms with Gasteiger partial charge in [-0.25, -0.2) is 0 Å². The van der Waals surface area contributed by atoms with Crippen molar-refractivity contribution in [2.45, 2.75) is 27.7 Å². The van der Waals surface area contributed by atoms with E-state index in [1.807, 2.05) is 13.8 Å². The number of rotatable bonds is 1. The van der Waals surface area contributed by atoms with E-state index in [1.54, 1.807) is 0 Å². The molecule has 1 rings (SSSR count). The minimum atomic E-state index is 0.0816. The Labute approximate surface area is 81.7 Å². The molecular formula is C11H15OP. The zero-order valence-electron chi connectivity index (χ0n) is 8.56. The minimum absolute atomic E-state index is 0.0816. The lowest BCUT2D eigenvalue weighted by atomic mass is 9.95. The second-order valence-corrected chi connectivity index (χ2v) is 4.02. The molecule has 0 spiro atoms. The molecule has 0 aliphatic carbocycles. The molecule has 1 atom stereocenters. The van der Waals surface area contributed by atoms with E-state index >= 15 is 0 Å². The topological polar surface area (TPSA) is 17.1 Å². The highest BCUT2D eigenvalue weighted by Crippen LogP contribution is 2.23. The maximum Gasteiger partial charge on any atom is 0.178 e. The van der Waals surface area contributed by atoms with Gasteiger partial charge in [0.1, 0.15) is 0 Å². The summed E-state index contributed by atoms with van der Waals surface area (Å²) >= 11 is 0. The maximum atomic E-state index is 11.3. The van der Waals surface area contributed by atoms with Gasteiger partial charge in [0.25, 0.3) is 0 Å². The number of hydrogen-bond acceptors (Lipinski definition) is 1. The molecule has 0 saturated heterocycles. The molecule has 1 nitrogen and oxygen atoms in total. The van der Waals surface area contributed by atoms with Crippen molar-refractivity contribution in [1.82, 2.24) is 0 Å². The van der Waals surface area contributed by atoms with E-state index in [9.17, 15) is 4.79 Å². The van der Waals surface area contributed by atoms with Crippen molar-refractivity contribution in [2.24, 2.45) is 0 Å². The average Bonchev–Trinajstić information content (AvgIpc) is 1.99. The van der Waals surface area contributed by atoms with Gasteiger partial charge in [-0.3, -0.25) is 4.79 Å². The van der Waals surface area contributed by atoms with Crippen molar-refractivity contribution in [3.63, 3.8) is 0 Å². The summed E-state index contributed by atoms with van der Waals surface area (Å²) in [7, 11) is 2.24. The van der Waals surface area contributed by atoms with Crippen LogP contribution in [0.4, 0.5) is 0 Å². The predicted molar refractivity (Wildman–Crippen MR) is 59.4 cm³/mol. The Bertz CT molecular complexity index is 367. The van der Waals surface area contributed by atoms with Crippen molar-refractivity contribution in [3.05, 3.63) is 33.9 Å². The van der Waals surface area contributed by atoms with Crippen LogP contribution >= 0.6 is 9.24 Å². The molecule has 2 heteroatoms. The second-order valence-electron chi connectivity index (χ2n) is 3.50. The van der Waals surface area contributed by atoms with Gasteiger partial charge in [0, 0.05) is 5.56 Å². The third-order valence-corrected chi connectivity index (χ3v) is 2.89. The number of carbonyl (C=O) groups excluding carboxylic acids is 1. The van der Waals surface area contributed by atoms with E-state index in [1.165, 1.54) is 11.1 Å². The number of aryl methyl sites for hydroxylation is 2. The molecule has 1 aromatic carbocycles. The third-order valence-electron chi connectivity index (χ3n) is 2.60. The fourth-order valence-corrected chi connectivity index (χ4v) is 2.11. The van der Waals surface area contributed by atoms with Crippen LogP contribution in [0.5, 0.6) is 0 Å². The van der Waals surface area contributed by atoms with Crippen molar-refractivity contribution in [1.29, 1.82) is 0 Å². The summed E-state index contributed by atoms with van der Waals surface area (Å²) < 4.78 is 0. The molecule has 1 unspecified atom stereocenters. The molecule has 0 aliphatic rings. The first-order valence-corrected chi connectivity index (χ1v) is 4.90. The van der Waals surface area contributed by atoms with Gasteiger partial charge >= 0.3 is 0 Å². The van der Waals surface area contributed by atoms with Gasteiger partial charge in [-0.1, -0.05) is 15.3 Å². The molecule has 0 fully saturated rings. The fourth-order valence-electron chi connectivity index (χ4n) is 1.66. The van der Waals surface area contributed by atoms with E-state index in [4.69, 9.17) is 0 Å². The van der Waals surface area contributed by atoms with Crippen LogP contribution in [0.25, 0.3) is 0 Å². The lowest BCUT2D eigenvalue weighted by Crippen LogP contribution is -2.01. The van der Waals surface area contributed by atoms with Crippen LogP contribution in [0, 0.1) is 27.7 Å². The molecule has 13 heavy (non-hydrogen) atoms. The van der Waals surface area contributed by atoms with Gasteiger partial charge in [0.05, 0.1) is 0 Å². The summed E-state index contributed by atoms with van der Waals surface area (Å²) in [5.41, 5.74) is 5.59. The minimum Gasteiger partial charge on any atom is -0.290 e. The summed E-state index contributed by atoms with van der Waals surface area (Å²) in [6.07, 6.45) is 0. The van der Waals surface area contributed by atoms with E-state index < -0.39 is 0 Å². The highest BCUT2D eigenvalue weighted by molar-refractivity contribution is 7.41. The van der Waals surface area contributed by atoms with E-state index in [0.29, 0.717) is 0 Å². The molecule has 70 valence electrons. The van der Waals surface area contributed by atoms with Crippen LogP contribution in [0.15, 0.2) is 6.07 Å². The number of hydrogen-bond donors (Lipinski definition) is 0. The molecule has 0 N–H and O–H groups in total. The average molecular weight is 194 g/mol. The molecule has 0 aliphatic heterocycles. The van der Waals surface area contributed by atoms with Crippen LogP contribution in [-0.2, 0) is 0 Å². The smallest absolute Gasteiger partial charge is 0.178 e. The zero-order chi connectivity index (χ0) is 10.2. The molecule has 0 heterocycles. The summed E-state index contributed by atoms with van der Waals surface area (Å²) in [5, 5.41) is 0. The van der Waals surface area contributed by atoms with E-state index in [2.05, 4.69) is 29.2 Å². The molecule has 0 saturated carbocycles. The Balaban J connectivity index is 3.53. The van der Waals surface area contributed by atoms with Crippen LogP contribution in [0.2, 0.25) is 0 Å². The molecule has 0 aromatic heterocycles. The van der Waals surface area contributed by atoms with Gasteiger partial charge in [0.15, 0.2) is 5.52 Å². The van der Waals surface area contributed by atoms with Crippen LogP contribution < -0.4 is 0 Å². The van der Waals surface area contributed by atoms with Crippen LogP contribution in [0.1, 0.15) is 32.6 Å². The zero-order valence-corrected chi connectivity index (χ0v) is 9.72. The summed E-state index contributed by atoms with van der Waals surface area (Å²) in [6.45, 7) is 8.12. The quantitative estimate of drug-likeness (QED) is 0.628. The number of carbonyl (C=O) groups is 1. The normalized spacial score (nSPS) is 10.2. The highest BCUT2D eigenvalue weighted by Gasteiger charge is 2.11. The van der Waals surface area contributed by atoms with Crippen LogP contribution in [-0.4, -0.2) is 5.52 Å².